The molecule has 0 saturated carbocycles. The molecule has 27 heavy (non-hydrogen) atoms. The van der Waals surface area contributed by atoms with Crippen LogP contribution in [-0.2, 0) is 0 Å². The molecule has 2 aromatic heterocycles. The highest BCUT2D eigenvalue weighted by Gasteiger charge is 2.16. The van der Waals surface area contributed by atoms with E-state index in [1.807, 2.05) is 43.6 Å². The second-order valence-corrected chi connectivity index (χ2v) is 6.88. The zero-order chi connectivity index (χ0) is 18.8. The Kier molecular flexibility index (Phi) is 4.77. The number of likely N-dealkylation sites (N-methyl/N-ethyl adjacent to an activating group) is 1. The highest BCUT2D eigenvalue weighted by Crippen LogP contribution is 2.29. The third-order valence-electron chi connectivity index (χ3n) is 4.85. The summed E-state index contributed by atoms with van der Waals surface area (Å²) in [6.45, 7) is 5.97. The fourth-order valence-corrected chi connectivity index (χ4v) is 3.28. The van der Waals surface area contributed by atoms with Gasteiger partial charge in [-0.1, -0.05) is 0 Å². The van der Waals surface area contributed by atoms with E-state index in [1.165, 1.54) is 0 Å². The second kappa shape index (κ2) is 7.36. The number of aromatic nitrogens is 3. The minimum Gasteiger partial charge on any atom is -0.497 e. The average molecular weight is 364 g/mol. The molecule has 1 saturated heterocycles. The molecule has 4 rings (SSSR count). The van der Waals surface area contributed by atoms with Crippen LogP contribution in [0.1, 0.15) is 5.69 Å². The van der Waals surface area contributed by atoms with Gasteiger partial charge in [-0.3, -0.25) is 4.98 Å². The zero-order valence-electron chi connectivity index (χ0n) is 15.9. The lowest BCUT2D eigenvalue weighted by Crippen LogP contribution is -2.45. The Morgan fingerprint density at radius 3 is 2.48 bits per heavy atom. The third-order valence-corrected chi connectivity index (χ3v) is 4.85. The van der Waals surface area contributed by atoms with Gasteiger partial charge in [0.2, 0.25) is 5.95 Å². The van der Waals surface area contributed by atoms with E-state index in [9.17, 15) is 0 Å². The summed E-state index contributed by atoms with van der Waals surface area (Å²) in [4.78, 5) is 18.2. The summed E-state index contributed by atoms with van der Waals surface area (Å²) in [5.74, 6) is 1.59. The van der Waals surface area contributed by atoms with Crippen molar-refractivity contribution in [2.75, 3.05) is 50.6 Å². The Morgan fingerprint density at radius 2 is 1.78 bits per heavy atom. The van der Waals surface area contributed by atoms with Gasteiger partial charge in [-0.05, 0) is 38.2 Å². The van der Waals surface area contributed by atoms with Crippen molar-refractivity contribution in [3.05, 3.63) is 42.4 Å². The molecule has 0 unspecified atom stereocenters. The maximum atomic E-state index is 5.36. The van der Waals surface area contributed by atoms with Gasteiger partial charge in [0, 0.05) is 42.9 Å². The fourth-order valence-electron chi connectivity index (χ4n) is 3.28. The number of methoxy groups -OCH3 is 1. The van der Waals surface area contributed by atoms with Gasteiger partial charge in [0.1, 0.15) is 5.75 Å². The fraction of sp³-hybridized carbons (Fsp3) is 0.350. The van der Waals surface area contributed by atoms with Gasteiger partial charge in [0.25, 0.3) is 0 Å². The molecule has 1 aliphatic rings. The molecule has 1 N–H and O–H groups in total. The van der Waals surface area contributed by atoms with Crippen molar-refractivity contribution >= 4 is 28.2 Å². The Labute approximate surface area is 159 Å². The van der Waals surface area contributed by atoms with E-state index in [4.69, 9.17) is 4.74 Å². The molecule has 140 valence electrons. The number of ether oxygens (including phenoxy) is 1. The molecule has 1 fully saturated rings. The lowest BCUT2D eigenvalue weighted by atomic mass is 10.1. The summed E-state index contributed by atoms with van der Waals surface area (Å²) in [6, 6.07) is 7.91. The lowest BCUT2D eigenvalue weighted by molar-refractivity contribution is 0.311. The van der Waals surface area contributed by atoms with Crippen LogP contribution >= 0.6 is 0 Å². The first-order chi connectivity index (χ1) is 13.1. The van der Waals surface area contributed by atoms with Gasteiger partial charge < -0.3 is 19.9 Å². The number of hydrogen-bond donors (Lipinski definition) is 1. The summed E-state index contributed by atoms with van der Waals surface area (Å²) in [6.07, 6.45) is 3.67. The standard InChI is InChI=1S/C20H24N6O/c1-14-10-19(17-11-16(27-3)4-5-18(17)23-14)24-15-12-21-20(22-13-15)26-8-6-25(2)7-9-26/h4-5,10-13H,6-9H2,1-3H3,(H,23,24). The minimum absolute atomic E-state index is 0.783. The van der Waals surface area contributed by atoms with E-state index < -0.39 is 0 Å². The molecular formula is C20H24N6O. The van der Waals surface area contributed by atoms with Gasteiger partial charge in [0.15, 0.2) is 0 Å². The summed E-state index contributed by atoms with van der Waals surface area (Å²) in [5, 5.41) is 4.43. The summed E-state index contributed by atoms with van der Waals surface area (Å²) in [7, 11) is 3.81. The van der Waals surface area contributed by atoms with Gasteiger partial charge in [0.05, 0.1) is 30.7 Å². The first-order valence-corrected chi connectivity index (χ1v) is 9.10. The van der Waals surface area contributed by atoms with Crippen LogP contribution < -0.4 is 15.0 Å². The van der Waals surface area contributed by atoms with E-state index >= 15 is 0 Å². The topological polar surface area (TPSA) is 66.4 Å². The number of hydrogen-bond acceptors (Lipinski definition) is 7. The molecular weight excluding hydrogens is 340 g/mol. The first-order valence-electron chi connectivity index (χ1n) is 9.10. The summed E-state index contributed by atoms with van der Waals surface area (Å²) in [5.41, 5.74) is 3.69. The van der Waals surface area contributed by atoms with Crippen molar-refractivity contribution in [2.45, 2.75) is 6.92 Å². The van der Waals surface area contributed by atoms with Crippen LogP contribution in [0.15, 0.2) is 36.7 Å². The van der Waals surface area contributed by atoms with Crippen molar-refractivity contribution < 1.29 is 4.74 Å². The highest BCUT2D eigenvalue weighted by molar-refractivity contribution is 5.94. The van der Waals surface area contributed by atoms with Gasteiger partial charge >= 0.3 is 0 Å². The largest absolute Gasteiger partial charge is 0.497 e. The predicted molar refractivity (Wildman–Crippen MR) is 108 cm³/mol. The average Bonchev–Trinajstić information content (AvgIpc) is 2.69. The van der Waals surface area contributed by atoms with Crippen LogP contribution in [0.3, 0.4) is 0 Å². The molecule has 0 spiro atoms. The Balaban J connectivity index is 1.58. The smallest absolute Gasteiger partial charge is 0.225 e. The molecule has 0 amide bonds. The molecule has 1 aliphatic heterocycles. The molecule has 0 atom stereocenters. The van der Waals surface area contributed by atoms with Crippen LogP contribution in [-0.4, -0.2) is 60.2 Å². The number of pyridine rings is 1. The van der Waals surface area contributed by atoms with E-state index in [-0.39, 0.29) is 0 Å². The number of piperazine rings is 1. The number of rotatable bonds is 4. The number of nitrogens with zero attached hydrogens (tertiary/aromatic N) is 5. The van der Waals surface area contributed by atoms with Crippen molar-refractivity contribution in [2.24, 2.45) is 0 Å². The van der Waals surface area contributed by atoms with Crippen molar-refractivity contribution in [1.29, 1.82) is 0 Å². The minimum atomic E-state index is 0.783. The van der Waals surface area contributed by atoms with Gasteiger partial charge in [-0.15, -0.1) is 0 Å². The Bertz CT molecular complexity index is 935. The highest BCUT2D eigenvalue weighted by atomic mass is 16.5. The third kappa shape index (κ3) is 3.78. The summed E-state index contributed by atoms with van der Waals surface area (Å²) >= 11 is 0. The SMILES string of the molecule is COc1ccc2nc(C)cc(Nc3cnc(N4CCN(C)CC4)nc3)c2c1. The second-order valence-electron chi connectivity index (χ2n) is 6.88. The van der Waals surface area contributed by atoms with Crippen LogP contribution in [0.4, 0.5) is 17.3 Å². The maximum Gasteiger partial charge on any atom is 0.225 e. The van der Waals surface area contributed by atoms with E-state index in [2.05, 4.69) is 37.1 Å². The quantitative estimate of drug-likeness (QED) is 0.763. The first kappa shape index (κ1) is 17.5. The monoisotopic (exact) mass is 364 g/mol. The molecule has 0 bridgehead atoms. The molecule has 7 nitrogen and oxygen atoms in total. The number of fused-ring (bicyclic) bond motifs is 1. The number of nitrogens with one attached hydrogen (secondary N) is 1. The lowest BCUT2D eigenvalue weighted by Gasteiger charge is -2.32. The summed E-state index contributed by atoms with van der Waals surface area (Å²) < 4.78 is 5.36. The van der Waals surface area contributed by atoms with Crippen molar-refractivity contribution in [1.82, 2.24) is 19.9 Å². The van der Waals surface area contributed by atoms with Crippen LogP contribution in [0, 0.1) is 6.92 Å². The number of aryl methyl sites for hydroxylation is 1. The van der Waals surface area contributed by atoms with Crippen molar-refractivity contribution in [3.63, 3.8) is 0 Å². The van der Waals surface area contributed by atoms with E-state index in [1.54, 1.807) is 7.11 Å². The zero-order valence-corrected chi connectivity index (χ0v) is 15.9. The van der Waals surface area contributed by atoms with Crippen LogP contribution in [0.2, 0.25) is 0 Å². The molecule has 0 aliphatic carbocycles. The van der Waals surface area contributed by atoms with Crippen LogP contribution in [0.5, 0.6) is 5.75 Å². The normalized spacial score (nSPS) is 15.1. The van der Waals surface area contributed by atoms with Crippen LogP contribution in [0.25, 0.3) is 10.9 Å². The molecule has 7 heteroatoms. The number of anilines is 3. The molecule has 0 radical (unpaired) electrons. The molecule has 1 aromatic carbocycles. The molecule has 3 aromatic rings. The number of benzene rings is 1. The van der Waals surface area contributed by atoms with E-state index in [0.717, 1.165) is 65.8 Å². The van der Waals surface area contributed by atoms with Gasteiger partial charge in [-0.2, -0.15) is 0 Å². The maximum absolute atomic E-state index is 5.36. The Morgan fingerprint density at radius 1 is 1.04 bits per heavy atom. The Hall–Kier alpha value is -2.93. The molecule has 3 heterocycles. The van der Waals surface area contributed by atoms with Gasteiger partial charge in [-0.25, -0.2) is 9.97 Å². The predicted octanol–water partition coefficient (Wildman–Crippen LogP) is 2.84. The van der Waals surface area contributed by atoms with Crippen molar-refractivity contribution in [3.8, 4) is 5.75 Å². The van der Waals surface area contributed by atoms with E-state index in [0.29, 0.717) is 0 Å².